The summed E-state index contributed by atoms with van der Waals surface area (Å²) in [4.78, 5) is 69.7. The van der Waals surface area contributed by atoms with Crippen LogP contribution in [0.2, 0.25) is 0 Å². The van der Waals surface area contributed by atoms with Crippen LogP contribution in [0.1, 0.15) is 90.5 Å². The zero-order chi connectivity index (χ0) is 53.0. The molecule has 2 N–H and O–H groups in total. The van der Waals surface area contributed by atoms with E-state index in [1.54, 1.807) is 43.3 Å². The SMILES string of the molecule is CCNC(=O)C1(C(=O)CCCCCCC(=O)ON2C(=O)CCC2=O)CC(=CC=c2c3cccc4c(S(=O)(=O)[O-])ccc(c43)n2CC)C=C(C=CC2=[N+](CC)c3ccc(S(=O)(=O)O)c4cccc2c34)C1.O=S(=O)=O. The molecule has 22 heteroatoms. The standard InChI is InChI=1S/C51H52N4O12S2.O3S/c1-4-52-50(60)51(44(56)17-9-7-8-10-18-47(59)67-55-45(57)27-28-46(55)58)30-32(19-21-38-34-13-11-15-36-42(68(61,62)63)25-23-40(48(34)36)53(38)5-2)29-33(31-51)20-22-39-35-14-12-16-37-43(69(64,65)66)26-24-41(49(35)37)54(39)6-3;1-4(2)3/h11-16,19-26,29H,4-10,17-18,27-28,30-31H2,1-3H3,(H2-,52,60,61,62,63,64,65,66);. The first-order chi connectivity index (χ1) is 34.6. The molecule has 2 aliphatic heterocycles. The molecule has 1 aliphatic carbocycles. The van der Waals surface area contributed by atoms with Crippen molar-refractivity contribution < 1.29 is 72.0 Å². The molecule has 3 heterocycles. The number of ketones is 1. The number of imide groups is 1. The molecule has 1 aromatic heterocycles. The number of aryl methyl sites for hydroxylation is 1. The lowest BCUT2D eigenvalue weighted by atomic mass is 9.67. The van der Waals surface area contributed by atoms with E-state index in [9.17, 15) is 49.9 Å². The summed E-state index contributed by atoms with van der Waals surface area (Å²) in [5.74, 6) is -2.51. The summed E-state index contributed by atoms with van der Waals surface area (Å²) in [5.41, 5.74) is 2.77. The number of rotatable bonds is 18. The van der Waals surface area contributed by atoms with E-state index in [2.05, 4.69) is 5.32 Å². The lowest BCUT2D eigenvalue weighted by Crippen LogP contribution is -2.48. The fourth-order valence-corrected chi connectivity index (χ4v) is 11.4. The maximum atomic E-state index is 14.8. The third-order valence-corrected chi connectivity index (χ3v) is 15.0. The average molecular weight is 1060 g/mol. The van der Waals surface area contributed by atoms with E-state index < -0.39 is 60.0 Å². The van der Waals surface area contributed by atoms with Crippen LogP contribution in [0.5, 0.6) is 0 Å². The molecule has 0 bridgehead atoms. The number of unbranched alkanes of at least 4 members (excludes halogenated alkanes) is 3. The Morgan fingerprint density at radius 2 is 1.44 bits per heavy atom. The van der Waals surface area contributed by atoms with Gasteiger partial charge in [0.25, 0.3) is 21.9 Å². The van der Waals surface area contributed by atoms with Gasteiger partial charge in [-0.1, -0.05) is 61.4 Å². The van der Waals surface area contributed by atoms with Crippen LogP contribution in [0.3, 0.4) is 0 Å². The van der Waals surface area contributed by atoms with Gasteiger partial charge >= 0.3 is 16.6 Å². The molecule has 0 radical (unpaired) electrons. The number of allylic oxidation sites excluding steroid dienone is 6. The second-order valence-corrected chi connectivity index (χ2v) is 20.8. The Balaban J connectivity index is 0.00000188. The molecule has 1 unspecified atom stereocenters. The highest BCUT2D eigenvalue weighted by Crippen LogP contribution is 2.43. The Kier molecular flexibility index (Phi) is 16.2. The summed E-state index contributed by atoms with van der Waals surface area (Å²) in [5, 5.41) is 6.86. The Morgan fingerprint density at radius 3 is 2.07 bits per heavy atom. The quantitative estimate of drug-likeness (QED) is 0.0354. The van der Waals surface area contributed by atoms with E-state index in [-0.39, 0.29) is 60.6 Å². The molecule has 0 saturated carbocycles. The molecule has 384 valence electrons. The van der Waals surface area contributed by atoms with Gasteiger partial charge in [-0.15, -0.1) is 17.7 Å². The Hall–Kier alpha value is -6.98. The summed E-state index contributed by atoms with van der Waals surface area (Å²) in [6.07, 6.45) is 11.5. The highest BCUT2D eigenvalue weighted by molar-refractivity contribution is 7.86. The second-order valence-electron chi connectivity index (χ2n) is 17.7. The van der Waals surface area contributed by atoms with Gasteiger partial charge in [0.2, 0.25) is 17.3 Å². The van der Waals surface area contributed by atoms with Crippen molar-refractivity contribution in [2.24, 2.45) is 5.41 Å². The van der Waals surface area contributed by atoms with Crippen molar-refractivity contribution in [2.45, 2.75) is 101 Å². The van der Waals surface area contributed by atoms with Crippen molar-refractivity contribution in [1.82, 2.24) is 14.9 Å². The number of nitrogens with zero attached hydrogens (tertiary/aromatic N) is 3. The fraction of sp³-hybridized carbons (Fsp3) is 0.333. The van der Waals surface area contributed by atoms with E-state index >= 15 is 0 Å². The molecular formula is C51H52N4O15S3. The van der Waals surface area contributed by atoms with Crippen LogP contribution in [0.25, 0.3) is 38.5 Å². The van der Waals surface area contributed by atoms with Gasteiger partial charge < -0.3 is 19.3 Å². The summed E-state index contributed by atoms with van der Waals surface area (Å²) in [7, 11) is -12.4. The normalized spacial score (nSPS) is 17.8. The summed E-state index contributed by atoms with van der Waals surface area (Å²) in [6.45, 7) is 6.97. The summed E-state index contributed by atoms with van der Waals surface area (Å²) < 4.78 is 101. The van der Waals surface area contributed by atoms with Crippen LogP contribution in [0, 0.1) is 5.41 Å². The number of amides is 3. The monoisotopic (exact) mass is 1060 g/mol. The predicted octanol–water partition coefficient (Wildman–Crippen LogP) is 5.62. The largest absolute Gasteiger partial charge is 0.744 e. The van der Waals surface area contributed by atoms with E-state index in [0.717, 1.165) is 27.8 Å². The molecular weight excluding hydrogens is 1000 g/mol. The highest BCUT2D eigenvalue weighted by Gasteiger charge is 2.47. The number of benzene rings is 4. The topological polar surface area (TPSA) is 281 Å². The fourth-order valence-electron chi connectivity index (χ4n) is 10.1. The first-order valence-electron chi connectivity index (χ1n) is 23.6. The van der Waals surface area contributed by atoms with Gasteiger partial charge in [-0.3, -0.25) is 23.7 Å². The van der Waals surface area contributed by atoms with Crippen LogP contribution in [0.4, 0.5) is 5.69 Å². The van der Waals surface area contributed by atoms with Crippen LogP contribution < -0.4 is 10.7 Å². The van der Waals surface area contributed by atoms with Gasteiger partial charge in [-0.05, 0) is 87.9 Å². The number of aromatic nitrogens is 1. The number of carbonyl (C=O) groups is 5. The molecule has 19 nitrogen and oxygen atoms in total. The van der Waals surface area contributed by atoms with E-state index in [1.165, 1.54) is 12.1 Å². The van der Waals surface area contributed by atoms with E-state index in [4.69, 9.17) is 17.5 Å². The minimum absolute atomic E-state index is 0.00416. The molecule has 1 saturated heterocycles. The van der Waals surface area contributed by atoms with Crippen LogP contribution in [-0.2, 0) is 66.2 Å². The molecule has 4 aromatic carbocycles. The maximum absolute atomic E-state index is 14.8. The molecule has 1 atom stereocenters. The number of hydrogen-bond acceptors (Lipinski definition) is 14. The molecule has 5 aromatic rings. The molecule has 3 amide bonds. The lowest BCUT2D eigenvalue weighted by Gasteiger charge is -2.35. The van der Waals surface area contributed by atoms with Gasteiger partial charge in [-0.25, -0.2) is 13.2 Å². The van der Waals surface area contributed by atoms with Crippen molar-refractivity contribution in [3.05, 3.63) is 107 Å². The summed E-state index contributed by atoms with van der Waals surface area (Å²) >= 11 is 0. The number of hydrogen-bond donors (Lipinski definition) is 2. The van der Waals surface area contributed by atoms with Crippen LogP contribution in [0.15, 0.2) is 106 Å². The number of nitrogens with one attached hydrogen (secondary N) is 1. The van der Waals surface area contributed by atoms with E-state index in [1.807, 2.05) is 65.5 Å². The number of hydroxylamine groups is 2. The highest BCUT2D eigenvalue weighted by atomic mass is 32.2. The smallest absolute Gasteiger partial charge is 0.425 e. The average Bonchev–Trinajstić information content (AvgIpc) is 3.95. The van der Waals surface area contributed by atoms with E-state index in [0.29, 0.717) is 81.9 Å². The zero-order valence-corrected chi connectivity index (χ0v) is 42.5. The van der Waals surface area contributed by atoms with Crippen molar-refractivity contribution in [2.75, 3.05) is 13.1 Å². The lowest BCUT2D eigenvalue weighted by molar-refractivity contribution is -0.430. The third kappa shape index (κ3) is 11.2. The number of Topliss-reactive ketones (excluding diaryl/α,β-unsaturated/α-hetero) is 1. The zero-order valence-electron chi connectivity index (χ0n) is 40.1. The minimum Gasteiger partial charge on any atom is -0.744 e. The maximum Gasteiger partial charge on any atom is 0.425 e. The Bertz CT molecular complexity index is 3650. The van der Waals surface area contributed by atoms with Gasteiger partial charge in [-0.2, -0.15) is 13.0 Å². The van der Waals surface area contributed by atoms with Gasteiger partial charge in [0, 0.05) is 83.3 Å². The third-order valence-electron chi connectivity index (χ3n) is 13.2. The molecule has 0 spiro atoms. The molecule has 1 fully saturated rings. The Labute approximate surface area is 422 Å². The second kappa shape index (κ2) is 22.0. The first kappa shape index (κ1) is 53.8. The summed E-state index contributed by atoms with van der Waals surface area (Å²) in [6, 6.07) is 16.4. The van der Waals surface area contributed by atoms with Crippen molar-refractivity contribution in [3.8, 4) is 0 Å². The Morgan fingerprint density at radius 1 is 0.808 bits per heavy atom. The van der Waals surface area contributed by atoms with Crippen LogP contribution >= 0.6 is 0 Å². The number of carbonyl (C=O) groups excluding carboxylic acids is 5. The predicted molar refractivity (Wildman–Crippen MR) is 266 cm³/mol. The minimum atomic E-state index is -4.78. The van der Waals surface area contributed by atoms with Gasteiger partial charge in [0.15, 0.2) is 0 Å². The first-order valence-corrected chi connectivity index (χ1v) is 27.4. The van der Waals surface area contributed by atoms with Gasteiger partial charge in [0.1, 0.15) is 32.8 Å². The molecule has 73 heavy (non-hydrogen) atoms. The van der Waals surface area contributed by atoms with Crippen molar-refractivity contribution in [3.63, 3.8) is 0 Å². The van der Waals surface area contributed by atoms with Crippen molar-refractivity contribution in [1.29, 1.82) is 0 Å². The van der Waals surface area contributed by atoms with Crippen LogP contribution in [-0.4, -0.2) is 101 Å². The molecule has 8 rings (SSSR count). The van der Waals surface area contributed by atoms with Crippen molar-refractivity contribution >= 4 is 110 Å². The molecule has 3 aliphatic rings. The van der Waals surface area contributed by atoms with Gasteiger partial charge in [0.05, 0.1) is 15.8 Å².